The average molecular weight is 413 g/mol. The van der Waals surface area contributed by atoms with Crippen LogP contribution in [0.25, 0.3) is 0 Å². The Kier molecular flexibility index (Phi) is 6.26. The number of benzene rings is 2. The van der Waals surface area contributed by atoms with E-state index in [1.54, 1.807) is 6.21 Å². The molecule has 3 aromatic rings. The topological polar surface area (TPSA) is 101 Å². The van der Waals surface area contributed by atoms with Crippen LogP contribution in [0, 0.1) is 6.92 Å². The molecular formula is C20H18F3N7. The quantitative estimate of drug-likeness (QED) is 0.414. The molecule has 30 heavy (non-hydrogen) atoms. The van der Waals surface area contributed by atoms with Gasteiger partial charge in [-0.1, -0.05) is 42.0 Å². The zero-order valence-corrected chi connectivity index (χ0v) is 15.9. The van der Waals surface area contributed by atoms with E-state index >= 15 is 0 Å². The first-order chi connectivity index (χ1) is 14.3. The molecule has 4 N–H and O–H groups in total. The molecule has 10 heteroatoms. The van der Waals surface area contributed by atoms with Gasteiger partial charge in [-0.25, -0.2) is 0 Å². The number of hydrogen-bond donors (Lipinski definition) is 3. The van der Waals surface area contributed by atoms with E-state index in [-0.39, 0.29) is 5.95 Å². The normalized spacial score (nSPS) is 11.9. The van der Waals surface area contributed by atoms with Gasteiger partial charge in [0.15, 0.2) is 11.6 Å². The van der Waals surface area contributed by atoms with E-state index < -0.39 is 11.7 Å². The smallest absolute Gasteiger partial charge is 0.368 e. The molecule has 0 bridgehead atoms. The highest BCUT2D eigenvalue weighted by atomic mass is 19.4. The van der Waals surface area contributed by atoms with Crippen molar-refractivity contribution in [1.29, 1.82) is 0 Å². The van der Waals surface area contributed by atoms with Crippen molar-refractivity contribution in [3.05, 3.63) is 76.9 Å². The summed E-state index contributed by atoms with van der Waals surface area (Å²) in [5.41, 5.74) is 12.9. The van der Waals surface area contributed by atoms with Crippen molar-refractivity contribution < 1.29 is 13.2 Å². The fourth-order valence-corrected chi connectivity index (χ4v) is 2.34. The van der Waals surface area contributed by atoms with E-state index in [2.05, 4.69) is 31.0 Å². The molecule has 0 atom stereocenters. The van der Waals surface area contributed by atoms with Crippen LogP contribution < -0.4 is 16.6 Å². The Morgan fingerprint density at radius 1 is 0.833 bits per heavy atom. The number of nitrogen functional groups attached to an aromatic ring is 1. The third-order valence-corrected chi connectivity index (χ3v) is 3.84. The number of nitrogens with one attached hydrogen (secondary N) is 2. The zero-order chi connectivity index (χ0) is 21.6. The number of alkyl halides is 3. The zero-order valence-electron chi connectivity index (χ0n) is 15.9. The lowest BCUT2D eigenvalue weighted by atomic mass is 10.1. The first-order valence-electron chi connectivity index (χ1n) is 8.76. The van der Waals surface area contributed by atoms with Gasteiger partial charge in [0.05, 0.1) is 18.0 Å². The molecule has 1 heterocycles. The number of rotatable bonds is 6. The van der Waals surface area contributed by atoms with Crippen molar-refractivity contribution in [3.63, 3.8) is 0 Å². The molecule has 0 amide bonds. The SMILES string of the molecule is Cc1ccc(/C=N/Nc2cc(N/N=C/c3ccc(C(F)(F)F)cc3)nc(N)n2)cc1. The average Bonchev–Trinajstić information content (AvgIpc) is 2.69. The highest BCUT2D eigenvalue weighted by molar-refractivity contribution is 5.81. The first kappa shape index (κ1) is 20.8. The first-order valence-corrected chi connectivity index (χ1v) is 8.76. The third kappa shape index (κ3) is 6.03. The van der Waals surface area contributed by atoms with E-state index in [0.29, 0.717) is 17.2 Å². The Balaban J connectivity index is 1.62. The van der Waals surface area contributed by atoms with Crippen LogP contribution in [-0.4, -0.2) is 22.4 Å². The van der Waals surface area contributed by atoms with Gasteiger partial charge in [0.2, 0.25) is 5.95 Å². The minimum Gasteiger partial charge on any atom is -0.368 e. The molecule has 0 saturated carbocycles. The molecule has 0 radical (unpaired) electrons. The van der Waals surface area contributed by atoms with Crippen LogP contribution in [-0.2, 0) is 6.18 Å². The molecule has 0 spiro atoms. The Labute approximate surface area is 170 Å². The molecule has 0 aliphatic heterocycles. The van der Waals surface area contributed by atoms with Gasteiger partial charge < -0.3 is 5.73 Å². The Bertz CT molecular complexity index is 1040. The van der Waals surface area contributed by atoms with Crippen LogP contribution in [0.5, 0.6) is 0 Å². The Morgan fingerprint density at radius 3 is 1.77 bits per heavy atom. The van der Waals surface area contributed by atoms with Crippen LogP contribution >= 0.6 is 0 Å². The molecule has 0 unspecified atom stereocenters. The minimum absolute atomic E-state index is 0.00207. The van der Waals surface area contributed by atoms with Crippen molar-refractivity contribution in [1.82, 2.24) is 9.97 Å². The van der Waals surface area contributed by atoms with E-state index in [1.807, 2.05) is 31.2 Å². The van der Waals surface area contributed by atoms with Gasteiger partial charge in [-0.15, -0.1) is 0 Å². The summed E-state index contributed by atoms with van der Waals surface area (Å²) >= 11 is 0. The van der Waals surface area contributed by atoms with Crippen LogP contribution in [0.3, 0.4) is 0 Å². The van der Waals surface area contributed by atoms with Crippen molar-refractivity contribution in [2.75, 3.05) is 16.6 Å². The fraction of sp³-hybridized carbons (Fsp3) is 0.100. The van der Waals surface area contributed by atoms with Gasteiger partial charge in [0.25, 0.3) is 0 Å². The maximum absolute atomic E-state index is 12.6. The highest BCUT2D eigenvalue weighted by Gasteiger charge is 2.29. The summed E-state index contributed by atoms with van der Waals surface area (Å²) in [4.78, 5) is 8.01. The second kappa shape index (κ2) is 9.03. The molecular weight excluding hydrogens is 395 g/mol. The molecule has 0 aliphatic rings. The van der Waals surface area contributed by atoms with Gasteiger partial charge in [-0.05, 0) is 30.2 Å². The van der Waals surface area contributed by atoms with Crippen LogP contribution in [0.4, 0.5) is 30.8 Å². The number of hydrazone groups is 2. The molecule has 7 nitrogen and oxygen atoms in total. The number of anilines is 3. The number of aryl methyl sites for hydroxylation is 1. The van der Waals surface area contributed by atoms with E-state index in [0.717, 1.165) is 23.3 Å². The summed E-state index contributed by atoms with van der Waals surface area (Å²) in [7, 11) is 0. The maximum atomic E-state index is 12.6. The summed E-state index contributed by atoms with van der Waals surface area (Å²) in [6.45, 7) is 2.00. The van der Waals surface area contributed by atoms with Gasteiger partial charge in [0.1, 0.15) is 0 Å². The lowest BCUT2D eigenvalue weighted by Crippen LogP contribution is -2.04. The lowest BCUT2D eigenvalue weighted by Gasteiger charge is -2.06. The molecule has 1 aromatic heterocycles. The predicted molar refractivity (Wildman–Crippen MR) is 112 cm³/mol. The van der Waals surface area contributed by atoms with E-state index in [4.69, 9.17) is 5.73 Å². The summed E-state index contributed by atoms with van der Waals surface area (Å²) in [5.74, 6) is 0.634. The van der Waals surface area contributed by atoms with Crippen LogP contribution in [0.15, 0.2) is 64.8 Å². The summed E-state index contributed by atoms with van der Waals surface area (Å²) in [6.07, 6.45) is -1.38. The number of aromatic nitrogens is 2. The van der Waals surface area contributed by atoms with Gasteiger partial charge in [-0.3, -0.25) is 10.9 Å². The second-order valence-electron chi connectivity index (χ2n) is 6.27. The van der Waals surface area contributed by atoms with Gasteiger partial charge in [-0.2, -0.15) is 33.3 Å². The van der Waals surface area contributed by atoms with Gasteiger partial charge >= 0.3 is 6.18 Å². The highest BCUT2D eigenvalue weighted by Crippen LogP contribution is 2.28. The summed E-state index contributed by atoms with van der Waals surface area (Å²) in [6, 6.07) is 13.9. The molecule has 3 rings (SSSR count). The Hall–Kier alpha value is -3.95. The minimum atomic E-state index is -4.38. The predicted octanol–water partition coefficient (Wildman–Crippen LogP) is 4.28. The van der Waals surface area contributed by atoms with E-state index in [1.165, 1.54) is 24.4 Å². The summed E-state index contributed by atoms with van der Waals surface area (Å²) in [5, 5.41) is 8.05. The maximum Gasteiger partial charge on any atom is 0.416 e. The standard InChI is InChI=1S/C20H18F3N7/c1-13-2-4-14(5-3-13)11-25-29-17-10-18(28-19(24)27-17)30-26-12-15-6-8-16(9-7-15)20(21,22)23/h2-12H,1H3,(H4,24,27,28,29,30)/b25-11+,26-12+. The fourth-order valence-electron chi connectivity index (χ4n) is 2.34. The van der Waals surface area contributed by atoms with Crippen molar-refractivity contribution in [3.8, 4) is 0 Å². The number of hydrogen-bond acceptors (Lipinski definition) is 7. The number of nitrogens with zero attached hydrogens (tertiary/aromatic N) is 4. The molecule has 0 fully saturated rings. The lowest BCUT2D eigenvalue weighted by molar-refractivity contribution is -0.137. The van der Waals surface area contributed by atoms with Crippen molar-refractivity contribution >= 4 is 30.0 Å². The van der Waals surface area contributed by atoms with Crippen LogP contribution in [0.1, 0.15) is 22.3 Å². The molecule has 0 saturated heterocycles. The third-order valence-electron chi connectivity index (χ3n) is 3.84. The molecule has 154 valence electrons. The van der Waals surface area contributed by atoms with E-state index in [9.17, 15) is 13.2 Å². The second-order valence-corrected chi connectivity index (χ2v) is 6.27. The largest absolute Gasteiger partial charge is 0.416 e. The monoisotopic (exact) mass is 413 g/mol. The van der Waals surface area contributed by atoms with Gasteiger partial charge in [0, 0.05) is 6.07 Å². The van der Waals surface area contributed by atoms with Crippen molar-refractivity contribution in [2.45, 2.75) is 13.1 Å². The molecule has 2 aromatic carbocycles. The molecule has 0 aliphatic carbocycles. The van der Waals surface area contributed by atoms with Crippen LogP contribution in [0.2, 0.25) is 0 Å². The summed E-state index contributed by atoms with van der Waals surface area (Å²) < 4.78 is 37.7. The number of nitrogens with two attached hydrogens (primary N) is 1. The van der Waals surface area contributed by atoms with Crippen molar-refractivity contribution in [2.24, 2.45) is 10.2 Å². The number of halogens is 3. The Morgan fingerprint density at radius 2 is 1.30 bits per heavy atom.